The van der Waals surface area contributed by atoms with Gasteiger partial charge in [-0.1, -0.05) is 18.2 Å². The van der Waals surface area contributed by atoms with E-state index in [-0.39, 0.29) is 25.8 Å². The summed E-state index contributed by atoms with van der Waals surface area (Å²) < 4.78 is 27.3. The van der Waals surface area contributed by atoms with Crippen molar-refractivity contribution in [2.75, 3.05) is 27.1 Å². The molecule has 0 bridgehead atoms. The number of methoxy groups -OCH3 is 1. The molecule has 1 unspecified atom stereocenters. The standard InChI is InChI=1S/C30H31NO8/c1-5-36-29(33)24-16(3)31-21-14-20(17-8-7-9-19(12-17)35-4)26(30(34)37-6-2)28(32)27(21)25(24)18-10-11-22-23(13-18)39-15-38-22/h7-13,20,25-27H,5-6,14-15H2,1-4H3/t20-,25-,26-,27?/m1/s1. The van der Waals surface area contributed by atoms with Crippen LogP contribution in [0.5, 0.6) is 17.2 Å². The van der Waals surface area contributed by atoms with Crippen molar-refractivity contribution < 1.29 is 38.1 Å². The number of carbonyl (C=O) groups is 3. The van der Waals surface area contributed by atoms with E-state index < -0.39 is 35.6 Å². The van der Waals surface area contributed by atoms with Crippen LogP contribution in [0.25, 0.3) is 0 Å². The van der Waals surface area contributed by atoms with Crippen LogP contribution in [-0.4, -0.2) is 50.6 Å². The summed E-state index contributed by atoms with van der Waals surface area (Å²) in [7, 11) is 1.57. The van der Waals surface area contributed by atoms with Crippen molar-refractivity contribution in [3.05, 3.63) is 64.9 Å². The molecule has 2 aromatic carbocycles. The lowest BCUT2D eigenvalue weighted by Crippen LogP contribution is -2.48. The highest BCUT2D eigenvalue weighted by Gasteiger charge is 2.53. The minimum absolute atomic E-state index is 0.0886. The number of ether oxygens (including phenoxy) is 5. The van der Waals surface area contributed by atoms with Crippen molar-refractivity contribution in [2.24, 2.45) is 16.8 Å². The fourth-order valence-electron chi connectivity index (χ4n) is 5.81. The predicted molar refractivity (Wildman–Crippen MR) is 141 cm³/mol. The van der Waals surface area contributed by atoms with Crippen LogP contribution in [0.2, 0.25) is 0 Å². The lowest BCUT2D eigenvalue weighted by atomic mass is 9.62. The van der Waals surface area contributed by atoms with Crippen molar-refractivity contribution in [1.29, 1.82) is 0 Å². The Bertz CT molecular complexity index is 1380. The molecule has 1 fully saturated rings. The quantitative estimate of drug-likeness (QED) is 0.382. The molecular weight excluding hydrogens is 502 g/mol. The van der Waals surface area contributed by atoms with Crippen LogP contribution in [-0.2, 0) is 23.9 Å². The van der Waals surface area contributed by atoms with Gasteiger partial charge in [-0.15, -0.1) is 0 Å². The van der Waals surface area contributed by atoms with Gasteiger partial charge in [-0.25, -0.2) is 4.79 Å². The first-order valence-corrected chi connectivity index (χ1v) is 13.1. The van der Waals surface area contributed by atoms with E-state index in [2.05, 4.69) is 0 Å². The topological polar surface area (TPSA) is 110 Å². The van der Waals surface area contributed by atoms with Gasteiger partial charge in [-0.2, -0.15) is 0 Å². The van der Waals surface area contributed by atoms with E-state index in [9.17, 15) is 14.4 Å². The van der Waals surface area contributed by atoms with Crippen molar-refractivity contribution >= 4 is 23.4 Å². The number of allylic oxidation sites excluding steroid dienone is 1. The molecule has 9 nitrogen and oxygen atoms in total. The Hall–Kier alpha value is -4.14. The number of nitrogens with zero attached hydrogens (tertiary/aromatic N) is 1. The number of rotatable bonds is 7. The number of fused-ring (bicyclic) bond motifs is 2. The van der Waals surface area contributed by atoms with Gasteiger partial charge in [0.15, 0.2) is 17.3 Å². The summed E-state index contributed by atoms with van der Waals surface area (Å²) in [5, 5.41) is 0. The fraction of sp³-hybridized carbons (Fsp3) is 0.400. The minimum Gasteiger partial charge on any atom is -0.497 e. The second kappa shape index (κ2) is 10.9. The number of Topliss-reactive ketones (excluding diaryl/α,β-unsaturated/α-hetero) is 1. The zero-order valence-electron chi connectivity index (χ0n) is 22.4. The summed E-state index contributed by atoms with van der Waals surface area (Å²) in [6, 6.07) is 12.7. The van der Waals surface area contributed by atoms with E-state index in [0.717, 1.165) is 5.56 Å². The summed E-state index contributed by atoms with van der Waals surface area (Å²) >= 11 is 0. The van der Waals surface area contributed by atoms with Crippen molar-refractivity contribution in [3.8, 4) is 17.2 Å². The molecule has 1 saturated carbocycles. The third-order valence-electron chi connectivity index (χ3n) is 7.46. The number of esters is 2. The number of ketones is 1. The summed E-state index contributed by atoms with van der Waals surface area (Å²) in [6.07, 6.45) is 0.335. The fourth-order valence-corrected chi connectivity index (χ4v) is 5.81. The molecular formula is C30H31NO8. The second-order valence-electron chi connectivity index (χ2n) is 9.61. The Balaban J connectivity index is 1.66. The molecule has 0 N–H and O–H groups in total. The molecule has 0 radical (unpaired) electrons. The minimum atomic E-state index is -1.08. The van der Waals surface area contributed by atoms with E-state index in [1.165, 1.54) is 0 Å². The number of hydrogen-bond acceptors (Lipinski definition) is 9. The van der Waals surface area contributed by atoms with Crippen LogP contribution < -0.4 is 14.2 Å². The first-order chi connectivity index (χ1) is 18.9. The van der Waals surface area contributed by atoms with Gasteiger partial charge in [0.1, 0.15) is 11.7 Å². The average Bonchev–Trinajstić information content (AvgIpc) is 3.40. The lowest BCUT2D eigenvalue weighted by Gasteiger charge is -2.41. The van der Waals surface area contributed by atoms with Gasteiger partial charge in [-0.3, -0.25) is 14.6 Å². The molecule has 0 saturated heterocycles. The smallest absolute Gasteiger partial charge is 0.336 e. The second-order valence-corrected chi connectivity index (χ2v) is 9.61. The van der Waals surface area contributed by atoms with Crippen molar-refractivity contribution in [2.45, 2.75) is 39.0 Å². The van der Waals surface area contributed by atoms with Crippen molar-refractivity contribution in [3.63, 3.8) is 0 Å². The Morgan fingerprint density at radius 2 is 1.74 bits per heavy atom. The van der Waals surface area contributed by atoms with Crippen LogP contribution in [0.3, 0.4) is 0 Å². The number of aliphatic imine (C=N–C) groups is 1. The molecule has 1 aliphatic carbocycles. The molecule has 204 valence electrons. The Kier molecular flexibility index (Phi) is 7.41. The van der Waals surface area contributed by atoms with Gasteiger partial charge in [0, 0.05) is 23.2 Å². The maximum Gasteiger partial charge on any atom is 0.336 e. The molecule has 2 heterocycles. The van der Waals surface area contributed by atoms with Crippen LogP contribution in [0.15, 0.2) is 58.7 Å². The monoisotopic (exact) mass is 533 g/mol. The van der Waals surface area contributed by atoms with Crippen LogP contribution in [0.1, 0.15) is 50.2 Å². The normalized spacial score (nSPS) is 23.6. The van der Waals surface area contributed by atoms with Gasteiger partial charge in [0.05, 0.1) is 31.8 Å². The summed E-state index contributed by atoms with van der Waals surface area (Å²) in [5.74, 6) is -2.92. The Morgan fingerprint density at radius 1 is 0.974 bits per heavy atom. The predicted octanol–water partition coefficient (Wildman–Crippen LogP) is 4.35. The van der Waals surface area contributed by atoms with Crippen LogP contribution in [0, 0.1) is 11.8 Å². The summed E-state index contributed by atoms with van der Waals surface area (Å²) in [6.45, 7) is 5.57. The maximum atomic E-state index is 14.4. The summed E-state index contributed by atoms with van der Waals surface area (Å²) in [4.78, 5) is 45.8. The van der Waals surface area contributed by atoms with Gasteiger partial charge in [0.2, 0.25) is 6.79 Å². The molecule has 2 aliphatic heterocycles. The molecule has 0 aromatic heterocycles. The largest absolute Gasteiger partial charge is 0.497 e. The van der Waals surface area contributed by atoms with E-state index in [1.54, 1.807) is 40.0 Å². The van der Waals surface area contributed by atoms with E-state index in [0.29, 0.717) is 46.2 Å². The third kappa shape index (κ3) is 4.77. The highest BCUT2D eigenvalue weighted by Crippen LogP contribution is 2.49. The van der Waals surface area contributed by atoms with Gasteiger partial charge in [0.25, 0.3) is 0 Å². The Morgan fingerprint density at radius 3 is 2.49 bits per heavy atom. The van der Waals surface area contributed by atoms with Crippen LogP contribution in [0.4, 0.5) is 0 Å². The lowest BCUT2D eigenvalue weighted by molar-refractivity contribution is -0.153. The highest BCUT2D eigenvalue weighted by molar-refractivity contribution is 6.17. The van der Waals surface area contributed by atoms with Gasteiger partial charge < -0.3 is 23.7 Å². The van der Waals surface area contributed by atoms with Gasteiger partial charge in [-0.05, 0) is 62.6 Å². The summed E-state index contributed by atoms with van der Waals surface area (Å²) in [5.41, 5.74) is 2.84. The third-order valence-corrected chi connectivity index (χ3v) is 7.46. The Labute approximate surface area is 226 Å². The first kappa shape index (κ1) is 26.5. The molecule has 5 rings (SSSR count). The maximum absolute atomic E-state index is 14.4. The zero-order valence-corrected chi connectivity index (χ0v) is 22.4. The molecule has 4 atom stereocenters. The molecule has 39 heavy (non-hydrogen) atoms. The molecule has 0 spiro atoms. The molecule has 9 heteroatoms. The highest BCUT2D eigenvalue weighted by atomic mass is 16.7. The SMILES string of the molecule is CCOC(=O)C1=C(C)N=C2C[C@H](c3cccc(OC)c3)[C@@H](C(=O)OCC)C(=O)C2[C@@H]1c1ccc2c(c1)OCO2. The van der Waals surface area contributed by atoms with E-state index >= 15 is 0 Å². The van der Waals surface area contributed by atoms with Gasteiger partial charge >= 0.3 is 11.9 Å². The first-order valence-electron chi connectivity index (χ1n) is 13.1. The molecule has 2 aromatic rings. The van der Waals surface area contributed by atoms with E-state index in [4.69, 9.17) is 28.7 Å². The molecule has 3 aliphatic rings. The average molecular weight is 534 g/mol. The van der Waals surface area contributed by atoms with E-state index in [1.807, 2.05) is 30.3 Å². The molecule has 0 amide bonds. The number of benzene rings is 2. The zero-order chi connectivity index (χ0) is 27.7. The van der Waals surface area contributed by atoms with Crippen molar-refractivity contribution in [1.82, 2.24) is 0 Å². The van der Waals surface area contributed by atoms with Crippen LogP contribution >= 0.6 is 0 Å². The number of hydrogen-bond donors (Lipinski definition) is 0. The number of carbonyl (C=O) groups excluding carboxylic acids is 3.